The summed E-state index contributed by atoms with van der Waals surface area (Å²) in [5.41, 5.74) is 0. The standard InChI is InChI=1S/2BrH.2ClH.Cu.Sn/h4*1H;;/q;;;;2*+2/p-4. The van der Waals surface area contributed by atoms with E-state index in [4.69, 9.17) is 0 Å². The van der Waals surface area contributed by atoms with Crippen LogP contribution >= 0.6 is 28.2 Å². The number of hydrogen-bond acceptors (Lipinski definition) is 0. The number of halogens is 4. The Morgan fingerprint density at radius 3 is 1.00 bits per heavy atom. The summed E-state index contributed by atoms with van der Waals surface area (Å²) in [4.78, 5) is 0. The van der Waals surface area contributed by atoms with Crippen molar-refractivity contribution in [1.29, 1.82) is 0 Å². The van der Waals surface area contributed by atoms with Crippen molar-refractivity contribution in [3.05, 3.63) is 0 Å². The average Bonchev–Trinajstić information content (AvgIpc) is 0.918. The summed E-state index contributed by atoms with van der Waals surface area (Å²) in [6.07, 6.45) is 0. The van der Waals surface area contributed by atoms with Crippen LogP contribution in [0.2, 0.25) is 0 Å². The fourth-order valence-corrected chi connectivity index (χ4v) is 0. The quantitative estimate of drug-likeness (QED) is 0.351. The minimum absolute atomic E-state index is 0. The van der Waals surface area contributed by atoms with E-state index in [9.17, 15) is 0 Å². The Bertz CT molecular complexity index is 11.5. The zero-order valence-electron chi connectivity index (χ0n) is 2.31. The second-order valence-electron chi connectivity index (χ2n) is 0.0431. The summed E-state index contributed by atoms with van der Waals surface area (Å²) >= 11 is 7.38. The van der Waals surface area contributed by atoms with Gasteiger partial charge in [-0.1, -0.05) is 0 Å². The molecule has 0 nitrogen and oxygen atoms in total. The summed E-state index contributed by atoms with van der Waals surface area (Å²) < 4.78 is 0. The van der Waals surface area contributed by atoms with Gasteiger partial charge in [0.2, 0.25) is 0 Å². The van der Waals surface area contributed by atoms with Crippen molar-refractivity contribution < 1.29 is 36.2 Å². The van der Waals surface area contributed by atoms with Crippen LogP contribution in [-0.2, 0) is 11.3 Å². The first-order valence-electron chi connectivity index (χ1n) is 0.228. The Morgan fingerprint density at radius 2 is 1.00 bits per heavy atom. The third-order valence-electron chi connectivity index (χ3n) is 0. The maximum atomic E-state index is 2.97. The molecule has 0 aliphatic rings. The van der Waals surface area contributed by atoms with Crippen molar-refractivity contribution in [3.8, 4) is 0 Å². The van der Waals surface area contributed by atoms with Gasteiger partial charge in [0.25, 0.3) is 0 Å². The van der Waals surface area contributed by atoms with Crippen LogP contribution in [-0.4, -0.2) is 23.9 Å². The Kier molecular flexibility index (Phi) is 95.9. The van der Waals surface area contributed by atoms with E-state index in [0.29, 0.717) is 0 Å². The van der Waals surface area contributed by atoms with Crippen LogP contribution in [0.15, 0.2) is 0 Å². The second-order valence-corrected chi connectivity index (χ2v) is 4.80. The normalized spacial score (nSPS) is 3.67. The zero-order chi connectivity index (χ0) is 2.71. The van der Waals surface area contributed by atoms with Crippen LogP contribution in [0.3, 0.4) is 0 Å². The van der Waals surface area contributed by atoms with Crippen LogP contribution in [0.1, 0.15) is 0 Å². The van der Waals surface area contributed by atoms with E-state index in [1.807, 2.05) is 0 Å². The molecule has 0 aromatic carbocycles. The third kappa shape index (κ3) is 28.8. The van der Waals surface area contributed by atoms with Crippen molar-refractivity contribution in [2.24, 2.45) is 0 Å². The first-order valence-corrected chi connectivity index (χ1v) is 4.88. The van der Waals surface area contributed by atoms with Crippen LogP contribution in [0, 0.1) is 0 Å². The fraction of sp³-hybridized carbons (Fsp3) is 0. The van der Waals surface area contributed by atoms with Crippen molar-refractivity contribution in [3.63, 3.8) is 0 Å². The first kappa shape index (κ1) is 23.2. The third-order valence-corrected chi connectivity index (χ3v) is 0. The molecule has 2 radical (unpaired) electrons. The molecule has 0 N–H and O–H groups in total. The second kappa shape index (κ2) is 24.8. The van der Waals surface area contributed by atoms with Crippen molar-refractivity contribution in [2.75, 3.05) is 0 Å². The molecule has 0 aliphatic carbocycles. The predicted octanol–water partition coefficient (Wildman–Crippen LogP) is -4.68. The molecule has 0 saturated carbocycles. The first-order chi connectivity index (χ1) is 1.41. The van der Waals surface area contributed by atoms with Gasteiger partial charge in [0, 0.05) is 0 Å². The SMILES string of the molecule is [Br][Cu][Br].[Cl-].[Cl-].[Sn+2]. The molecule has 43 valence electrons. The molecule has 0 saturated heterocycles. The Balaban J connectivity index is -0.00000000667. The maximum absolute atomic E-state index is 2.97. The Morgan fingerprint density at radius 1 is 1.00 bits per heavy atom. The molecule has 0 amide bonds. The number of hydrogen-bond donors (Lipinski definition) is 0. The van der Waals surface area contributed by atoms with Crippen molar-refractivity contribution in [1.82, 2.24) is 0 Å². The van der Waals surface area contributed by atoms with Gasteiger partial charge >= 0.3 is 63.5 Å². The van der Waals surface area contributed by atoms with Crippen molar-refractivity contribution >= 4 is 52.1 Å². The van der Waals surface area contributed by atoms with E-state index in [2.05, 4.69) is 28.2 Å². The molecule has 0 unspecified atom stereocenters. The minimum atomic E-state index is 0. The van der Waals surface area contributed by atoms with E-state index < -0.39 is 0 Å². The van der Waals surface area contributed by atoms with Gasteiger partial charge in [0.05, 0.1) is 0 Å². The molecule has 0 spiro atoms. The van der Waals surface area contributed by atoms with Gasteiger partial charge in [0.1, 0.15) is 0 Å². The molecule has 6 heavy (non-hydrogen) atoms. The molecule has 6 heteroatoms. The Labute approximate surface area is 86.9 Å². The maximum Gasteiger partial charge on any atom is 2.00 e. The summed E-state index contributed by atoms with van der Waals surface area (Å²) in [5.74, 6) is 0. The van der Waals surface area contributed by atoms with Gasteiger partial charge < -0.3 is 24.8 Å². The van der Waals surface area contributed by atoms with Crippen LogP contribution in [0.4, 0.5) is 0 Å². The molecule has 0 heterocycles. The topological polar surface area (TPSA) is 0 Å². The Hall–Kier alpha value is 2.86. The summed E-state index contributed by atoms with van der Waals surface area (Å²) in [6, 6.07) is 0. The summed E-state index contributed by atoms with van der Waals surface area (Å²) in [6.45, 7) is 0. The van der Waals surface area contributed by atoms with Crippen LogP contribution in [0.5, 0.6) is 0 Å². The molecular formula is Br2Cl2CuSn. The molecule has 0 bridgehead atoms. The predicted molar refractivity (Wildman–Crippen MR) is 23.6 cm³/mol. The van der Waals surface area contributed by atoms with E-state index in [1.54, 1.807) is 0 Å². The average molecular weight is 413 g/mol. The zero-order valence-corrected chi connectivity index (χ0v) is 10.8. The molecule has 0 aliphatic heterocycles. The molecule has 0 atom stereocenters. The van der Waals surface area contributed by atoms with Crippen LogP contribution < -0.4 is 24.8 Å². The van der Waals surface area contributed by atoms with Gasteiger partial charge in [-0.25, -0.2) is 0 Å². The van der Waals surface area contributed by atoms with Crippen LogP contribution in [0.25, 0.3) is 0 Å². The molecule has 0 aromatic heterocycles. The molecule has 0 aromatic rings. The van der Waals surface area contributed by atoms with Gasteiger partial charge in [-0.05, 0) is 0 Å². The summed E-state index contributed by atoms with van der Waals surface area (Å²) in [5, 5.41) is 0. The van der Waals surface area contributed by atoms with E-state index in [-0.39, 0.29) is 48.7 Å². The minimum Gasteiger partial charge on any atom is -1.00 e. The number of rotatable bonds is 0. The van der Waals surface area contributed by atoms with Gasteiger partial charge in [-0.2, -0.15) is 0 Å². The largest absolute Gasteiger partial charge is 2.00 e. The fourth-order valence-electron chi connectivity index (χ4n) is 0. The molecule has 0 rings (SSSR count). The molecule has 0 fully saturated rings. The van der Waals surface area contributed by atoms with Gasteiger partial charge in [0.15, 0.2) is 0 Å². The van der Waals surface area contributed by atoms with Crippen molar-refractivity contribution in [2.45, 2.75) is 0 Å². The molecular weight excluding hydrogens is 413 g/mol. The van der Waals surface area contributed by atoms with E-state index >= 15 is 0 Å². The van der Waals surface area contributed by atoms with Gasteiger partial charge in [-0.15, -0.1) is 0 Å². The monoisotopic (exact) mass is 411 g/mol. The van der Waals surface area contributed by atoms with E-state index in [0.717, 1.165) is 0 Å². The van der Waals surface area contributed by atoms with Gasteiger partial charge in [-0.3, -0.25) is 0 Å². The smallest absolute Gasteiger partial charge is 1.00 e. The summed E-state index contributed by atoms with van der Waals surface area (Å²) in [7, 11) is 0. The van der Waals surface area contributed by atoms with E-state index in [1.165, 1.54) is 11.3 Å².